The smallest absolute Gasteiger partial charge is 0.224 e. The average molecular weight is 429 g/mol. The molecule has 0 amide bonds. The van der Waals surface area contributed by atoms with Crippen LogP contribution in [0.2, 0.25) is 5.28 Å². The van der Waals surface area contributed by atoms with Crippen LogP contribution in [0.4, 0.5) is 5.82 Å². The monoisotopic (exact) mass is 427 g/mol. The first-order valence-corrected chi connectivity index (χ1v) is 9.16. The Balaban J connectivity index is 2.06. The molecule has 0 radical (unpaired) electrons. The number of thiophene rings is 1. The minimum atomic E-state index is 0.0727. The van der Waals surface area contributed by atoms with Crippen molar-refractivity contribution in [3.05, 3.63) is 38.2 Å². The second kappa shape index (κ2) is 7.13. The molecule has 0 bridgehead atoms. The maximum atomic E-state index is 6.09. The van der Waals surface area contributed by atoms with Gasteiger partial charge in [0.2, 0.25) is 5.28 Å². The predicted octanol–water partition coefficient (Wildman–Crippen LogP) is 5.30. The number of halogens is 2. The number of ether oxygens (including phenoxy) is 2. The van der Waals surface area contributed by atoms with Gasteiger partial charge in [0.25, 0.3) is 0 Å². The normalized spacial score (nSPS) is 12.2. The Bertz CT molecular complexity index is 887. The lowest BCUT2D eigenvalue weighted by molar-refractivity contribution is 0.356. The van der Waals surface area contributed by atoms with Gasteiger partial charge in [-0.3, -0.25) is 0 Å². The molecule has 0 aliphatic heterocycles. The number of nitrogens with one attached hydrogen (secondary N) is 1. The standard InChI is InChI=1S/C16H15BrClN3O2S/c1-8(14-4-9(17)7-24-14)19-15-10-5-12(22-2)13(23-3)6-11(10)20-16(18)21-15/h4-8H,1-3H3,(H,19,20,21)/t8-/m1/s1. The molecule has 0 unspecified atom stereocenters. The number of anilines is 1. The fourth-order valence-electron chi connectivity index (χ4n) is 2.37. The van der Waals surface area contributed by atoms with E-state index in [-0.39, 0.29) is 11.3 Å². The van der Waals surface area contributed by atoms with Gasteiger partial charge in [0, 0.05) is 26.2 Å². The Morgan fingerprint density at radius 2 is 1.88 bits per heavy atom. The van der Waals surface area contributed by atoms with Crippen molar-refractivity contribution < 1.29 is 9.47 Å². The van der Waals surface area contributed by atoms with E-state index in [4.69, 9.17) is 21.1 Å². The second-order valence-corrected chi connectivity index (χ2v) is 7.30. The maximum absolute atomic E-state index is 6.09. The van der Waals surface area contributed by atoms with Crippen LogP contribution in [0.3, 0.4) is 0 Å². The first-order chi connectivity index (χ1) is 11.5. The fourth-order valence-corrected chi connectivity index (χ4v) is 4.00. The van der Waals surface area contributed by atoms with E-state index in [0.29, 0.717) is 22.8 Å². The molecule has 126 valence electrons. The Hall–Kier alpha value is -1.57. The molecule has 0 aliphatic carbocycles. The number of methoxy groups -OCH3 is 2. The molecule has 0 spiro atoms. The van der Waals surface area contributed by atoms with E-state index in [9.17, 15) is 0 Å². The lowest BCUT2D eigenvalue weighted by atomic mass is 10.2. The summed E-state index contributed by atoms with van der Waals surface area (Å²) >= 11 is 11.2. The van der Waals surface area contributed by atoms with Crippen LogP contribution in [0.15, 0.2) is 28.1 Å². The Kier molecular flexibility index (Phi) is 5.12. The van der Waals surface area contributed by atoms with E-state index in [1.165, 1.54) is 4.88 Å². The summed E-state index contributed by atoms with van der Waals surface area (Å²) in [5.41, 5.74) is 0.690. The van der Waals surface area contributed by atoms with Crippen LogP contribution in [-0.2, 0) is 0 Å². The topological polar surface area (TPSA) is 56.3 Å². The van der Waals surface area contributed by atoms with Gasteiger partial charge in [0.1, 0.15) is 5.82 Å². The number of hydrogen-bond donors (Lipinski definition) is 1. The third-order valence-electron chi connectivity index (χ3n) is 3.54. The third kappa shape index (κ3) is 3.43. The van der Waals surface area contributed by atoms with Gasteiger partial charge in [-0.05, 0) is 46.6 Å². The highest BCUT2D eigenvalue weighted by atomic mass is 79.9. The SMILES string of the molecule is COc1cc2nc(Cl)nc(N[C@H](C)c3cc(Br)cs3)c2cc1OC. The van der Waals surface area contributed by atoms with Crippen molar-refractivity contribution >= 4 is 55.6 Å². The molecule has 0 fully saturated rings. The molecule has 1 aromatic carbocycles. The van der Waals surface area contributed by atoms with Crippen molar-refractivity contribution in [2.45, 2.75) is 13.0 Å². The molecule has 8 heteroatoms. The van der Waals surface area contributed by atoms with Crippen molar-refractivity contribution in [2.75, 3.05) is 19.5 Å². The predicted molar refractivity (Wildman–Crippen MR) is 102 cm³/mol. The number of rotatable bonds is 5. The summed E-state index contributed by atoms with van der Waals surface area (Å²) in [6, 6.07) is 5.80. The quantitative estimate of drug-likeness (QED) is 0.559. The molecule has 24 heavy (non-hydrogen) atoms. The van der Waals surface area contributed by atoms with Crippen LogP contribution < -0.4 is 14.8 Å². The number of benzene rings is 1. The van der Waals surface area contributed by atoms with Gasteiger partial charge in [-0.25, -0.2) is 9.97 Å². The zero-order chi connectivity index (χ0) is 17.3. The highest BCUT2D eigenvalue weighted by Crippen LogP contribution is 2.36. The van der Waals surface area contributed by atoms with Gasteiger partial charge < -0.3 is 14.8 Å². The van der Waals surface area contributed by atoms with Crippen molar-refractivity contribution in [1.82, 2.24) is 9.97 Å². The summed E-state index contributed by atoms with van der Waals surface area (Å²) in [6.07, 6.45) is 0. The van der Waals surface area contributed by atoms with Gasteiger partial charge >= 0.3 is 0 Å². The lowest BCUT2D eigenvalue weighted by Gasteiger charge is -2.16. The highest BCUT2D eigenvalue weighted by Gasteiger charge is 2.15. The van der Waals surface area contributed by atoms with Gasteiger partial charge in [-0.2, -0.15) is 0 Å². The first-order valence-electron chi connectivity index (χ1n) is 7.11. The summed E-state index contributed by atoms with van der Waals surface area (Å²) < 4.78 is 11.8. The van der Waals surface area contributed by atoms with Gasteiger partial charge in [0.15, 0.2) is 11.5 Å². The van der Waals surface area contributed by atoms with Crippen LogP contribution in [0, 0.1) is 0 Å². The molecule has 0 saturated heterocycles. The Morgan fingerprint density at radius 1 is 1.17 bits per heavy atom. The van der Waals surface area contributed by atoms with E-state index in [2.05, 4.69) is 44.2 Å². The van der Waals surface area contributed by atoms with Crippen LogP contribution >= 0.6 is 38.9 Å². The summed E-state index contributed by atoms with van der Waals surface area (Å²) in [6.45, 7) is 2.07. The summed E-state index contributed by atoms with van der Waals surface area (Å²) in [5, 5.41) is 6.45. The van der Waals surface area contributed by atoms with Crippen LogP contribution in [0.1, 0.15) is 17.8 Å². The summed E-state index contributed by atoms with van der Waals surface area (Å²) in [7, 11) is 3.18. The molecular weight excluding hydrogens is 414 g/mol. The molecule has 3 aromatic rings. The van der Waals surface area contributed by atoms with Gasteiger partial charge in [-0.1, -0.05) is 0 Å². The van der Waals surface area contributed by atoms with E-state index in [1.807, 2.05) is 11.4 Å². The molecule has 0 aliphatic rings. The van der Waals surface area contributed by atoms with E-state index < -0.39 is 0 Å². The van der Waals surface area contributed by atoms with E-state index in [0.717, 1.165) is 9.86 Å². The molecule has 1 atom stereocenters. The number of hydrogen-bond acceptors (Lipinski definition) is 6. The van der Waals surface area contributed by atoms with Crippen molar-refractivity contribution in [2.24, 2.45) is 0 Å². The van der Waals surface area contributed by atoms with Crippen LogP contribution in [0.25, 0.3) is 10.9 Å². The summed E-state index contributed by atoms with van der Waals surface area (Å²) in [4.78, 5) is 9.81. The van der Waals surface area contributed by atoms with Crippen LogP contribution in [-0.4, -0.2) is 24.2 Å². The molecular formula is C16H15BrClN3O2S. The van der Waals surface area contributed by atoms with E-state index in [1.54, 1.807) is 31.6 Å². The number of nitrogens with zero attached hydrogens (tertiary/aromatic N) is 2. The molecule has 5 nitrogen and oxygen atoms in total. The van der Waals surface area contributed by atoms with Gasteiger partial charge in [0.05, 0.1) is 25.8 Å². The number of fused-ring (bicyclic) bond motifs is 1. The first kappa shape index (κ1) is 17.3. The molecule has 0 saturated carbocycles. The van der Waals surface area contributed by atoms with Crippen molar-refractivity contribution in [3.8, 4) is 11.5 Å². The lowest BCUT2D eigenvalue weighted by Crippen LogP contribution is -2.08. The minimum Gasteiger partial charge on any atom is -0.493 e. The second-order valence-electron chi connectivity index (χ2n) is 5.10. The fraction of sp³-hybridized carbons (Fsp3) is 0.250. The molecule has 2 aromatic heterocycles. The summed E-state index contributed by atoms with van der Waals surface area (Å²) in [5.74, 6) is 1.87. The van der Waals surface area contributed by atoms with E-state index >= 15 is 0 Å². The minimum absolute atomic E-state index is 0.0727. The zero-order valence-electron chi connectivity index (χ0n) is 13.3. The Labute approximate surface area is 157 Å². The molecule has 2 heterocycles. The molecule has 3 rings (SSSR count). The zero-order valence-corrected chi connectivity index (χ0v) is 16.4. The van der Waals surface area contributed by atoms with Crippen molar-refractivity contribution in [3.63, 3.8) is 0 Å². The maximum Gasteiger partial charge on any atom is 0.224 e. The molecule has 1 N–H and O–H groups in total. The third-order valence-corrected chi connectivity index (χ3v) is 5.59. The van der Waals surface area contributed by atoms with Gasteiger partial charge in [-0.15, -0.1) is 11.3 Å². The number of aromatic nitrogens is 2. The Morgan fingerprint density at radius 3 is 2.50 bits per heavy atom. The average Bonchev–Trinajstić information content (AvgIpc) is 3.00. The largest absolute Gasteiger partial charge is 0.493 e. The highest BCUT2D eigenvalue weighted by molar-refractivity contribution is 9.10. The van der Waals surface area contributed by atoms with Crippen molar-refractivity contribution in [1.29, 1.82) is 0 Å². The van der Waals surface area contributed by atoms with Crippen LogP contribution in [0.5, 0.6) is 11.5 Å².